The molecule has 0 unspecified atom stereocenters. The van der Waals surface area contributed by atoms with Gasteiger partial charge in [0.25, 0.3) is 0 Å². The lowest BCUT2D eigenvalue weighted by molar-refractivity contribution is 0.237. The Morgan fingerprint density at radius 3 is 2.58 bits per heavy atom. The molecule has 0 bridgehead atoms. The predicted molar refractivity (Wildman–Crippen MR) is 175 cm³/mol. The largest absolute Gasteiger partial charge is 0.492 e. The van der Waals surface area contributed by atoms with Gasteiger partial charge in [0.15, 0.2) is 0 Å². The van der Waals surface area contributed by atoms with Crippen LogP contribution >= 0.6 is 0 Å². The van der Waals surface area contributed by atoms with Gasteiger partial charge in [0.2, 0.25) is 0 Å². The number of fused-ring (bicyclic) bond motifs is 2. The van der Waals surface area contributed by atoms with Crippen molar-refractivity contribution in [1.82, 2.24) is 34.9 Å². The van der Waals surface area contributed by atoms with Crippen molar-refractivity contribution >= 4 is 21.8 Å². The molecule has 2 aromatic carbocycles. The number of aromatic amines is 2. The third-order valence-electron chi connectivity index (χ3n) is 8.24. The van der Waals surface area contributed by atoms with E-state index < -0.39 is 0 Å². The van der Waals surface area contributed by atoms with Crippen molar-refractivity contribution in [1.29, 1.82) is 0 Å². The fraction of sp³-hybridized carbons (Fsp3) is 0.286. The van der Waals surface area contributed by atoms with E-state index in [0.29, 0.717) is 24.7 Å². The number of H-pyrrole nitrogens is 2. The summed E-state index contributed by atoms with van der Waals surface area (Å²) in [7, 11) is 4.02. The maximum atomic E-state index is 14.8. The number of ether oxygens (including phenoxy) is 2. The highest BCUT2D eigenvalue weighted by Gasteiger charge is 2.17. The lowest BCUT2D eigenvalue weighted by atomic mass is 10.0. The first-order valence-corrected chi connectivity index (χ1v) is 15.4. The highest BCUT2D eigenvalue weighted by Crippen LogP contribution is 2.36. The van der Waals surface area contributed by atoms with E-state index in [4.69, 9.17) is 9.47 Å². The van der Waals surface area contributed by atoms with Crippen LogP contribution in [0.1, 0.15) is 12.8 Å². The summed E-state index contributed by atoms with van der Waals surface area (Å²) in [5.41, 5.74) is 6.67. The van der Waals surface area contributed by atoms with Gasteiger partial charge >= 0.3 is 0 Å². The quantitative estimate of drug-likeness (QED) is 0.177. The summed E-state index contributed by atoms with van der Waals surface area (Å²) in [5.74, 6) is 0.915. The van der Waals surface area contributed by atoms with Crippen LogP contribution < -0.4 is 9.47 Å². The molecule has 2 N–H and O–H groups in total. The molecule has 5 heterocycles. The number of likely N-dealkylation sites (tertiary alicyclic amines) is 1. The van der Waals surface area contributed by atoms with Gasteiger partial charge in [-0.3, -0.25) is 20.0 Å². The van der Waals surface area contributed by atoms with Gasteiger partial charge in [0.1, 0.15) is 36.2 Å². The molecule has 45 heavy (non-hydrogen) atoms. The van der Waals surface area contributed by atoms with E-state index in [-0.39, 0.29) is 5.82 Å². The molecule has 0 spiro atoms. The Bertz CT molecular complexity index is 1940. The van der Waals surface area contributed by atoms with Crippen molar-refractivity contribution in [2.75, 3.05) is 53.5 Å². The number of pyridine rings is 2. The van der Waals surface area contributed by atoms with Crippen molar-refractivity contribution in [2.45, 2.75) is 12.8 Å². The number of nitrogens with one attached hydrogen (secondary N) is 2. The SMILES string of the molecule is CN(C)CCOc1cncc(-c2cc3c(-c4cc5c(-c6cc(F)cc(OCCN7CCCC7)c6)cccc5[nH]4)n[nH]c3cn2)c1. The van der Waals surface area contributed by atoms with Gasteiger partial charge in [-0.1, -0.05) is 12.1 Å². The zero-order valence-corrected chi connectivity index (χ0v) is 25.5. The van der Waals surface area contributed by atoms with Crippen LogP contribution in [0.3, 0.4) is 0 Å². The second kappa shape index (κ2) is 12.7. The molecular weight excluding hydrogens is 569 g/mol. The van der Waals surface area contributed by atoms with Crippen molar-refractivity contribution in [2.24, 2.45) is 0 Å². The normalized spacial score (nSPS) is 13.8. The molecule has 0 atom stereocenters. The topological polar surface area (TPSA) is 95.2 Å². The molecule has 1 saturated heterocycles. The zero-order chi connectivity index (χ0) is 30.8. The van der Waals surface area contributed by atoms with Gasteiger partial charge in [-0.25, -0.2) is 4.39 Å². The molecule has 230 valence electrons. The Labute approximate surface area is 261 Å². The highest BCUT2D eigenvalue weighted by molar-refractivity contribution is 6.01. The summed E-state index contributed by atoms with van der Waals surface area (Å²) < 4.78 is 26.7. The van der Waals surface area contributed by atoms with Crippen molar-refractivity contribution in [3.05, 3.63) is 79.0 Å². The summed E-state index contributed by atoms with van der Waals surface area (Å²) in [6.07, 6.45) is 7.75. The molecule has 9 nitrogen and oxygen atoms in total. The molecule has 0 amide bonds. The van der Waals surface area contributed by atoms with E-state index in [0.717, 1.165) is 81.8 Å². The van der Waals surface area contributed by atoms with Crippen LogP contribution in [-0.4, -0.2) is 88.4 Å². The smallest absolute Gasteiger partial charge is 0.138 e. The zero-order valence-electron chi connectivity index (χ0n) is 25.5. The molecule has 0 radical (unpaired) electrons. The Balaban J connectivity index is 1.18. The van der Waals surface area contributed by atoms with Crippen LogP contribution in [0.5, 0.6) is 11.5 Å². The van der Waals surface area contributed by atoms with Gasteiger partial charge in [-0.05, 0) is 87.6 Å². The van der Waals surface area contributed by atoms with E-state index in [2.05, 4.69) is 41.0 Å². The van der Waals surface area contributed by atoms with Gasteiger partial charge in [-0.15, -0.1) is 0 Å². The average molecular weight is 606 g/mol. The number of nitrogens with zero attached hydrogens (tertiary/aromatic N) is 5. The summed E-state index contributed by atoms with van der Waals surface area (Å²) in [6.45, 7) is 4.98. The Hall–Kier alpha value is -4.80. The van der Waals surface area contributed by atoms with Gasteiger partial charge in [0, 0.05) is 47.2 Å². The third-order valence-corrected chi connectivity index (χ3v) is 8.24. The first-order valence-electron chi connectivity index (χ1n) is 15.4. The van der Waals surface area contributed by atoms with Crippen molar-refractivity contribution < 1.29 is 13.9 Å². The second-order valence-electron chi connectivity index (χ2n) is 11.8. The molecule has 1 fully saturated rings. The monoisotopic (exact) mass is 605 g/mol. The van der Waals surface area contributed by atoms with Gasteiger partial charge in [-0.2, -0.15) is 5.10 Å². The summed E-state index contributed by atoms with van der Waals surface area (Å²) in [6, 6.07) is 17.0. The van der Waals surface area contributed by atoms with Crippen LogP contribution in [0.4, 0.5) is 4.39 Å². The van der Waals surface area contributed by atoms with E-state index >= 15 is 0 Å². The van der Waals surface area contributed by atoms with Crippen LogP contribution in [0.15, 0.2) is 73.2 Å². The van der Waals surface area contributed by atoms with E-state index in [1.54, 1.807) is 24.7 Å². The number of aromatic nitrogens is 5. The number of hydrogen-bond donors (Lipinski definition) is 2. The summed E-state index contributed by atoms with van der Waals surface area (Å²) >= 11 is 0. The average Bonchev–Trinajstić information content (AvgIpc) is 3.80. The van der Waals surface area contributed by atoms with E-state index in [1.807, 2.05) is 50.5 Å². The number of halogens is 1. The lowest BCUT2D eigenvalue weighted by Gasteiger charge is -2.15. The molecule has 1 aliphatic rings. The minimum atomic E-state index is -0.323. The maximum Gasteiger partial charge on any atom is 0.138 e. The summed E-state index contributed by atoms with van der Waals surface area (Å²) in [5, 5.41) is 9.65. The van der Waals surface area contributed by atoms with Gasteiger partial charge < -0.3 is 19.4 Å². The Kier molecular flexibility index (Phi) is 8.15. The minimum absolute atomic E-state index is 0.323. The van der Waals surface area contributed by atoms with E-state index in [1.165, 1.54) is 18.9 Å². The maximum absolute atomic E-state index is 14.8. The molecule has 6 aromatic rings. The summed E-state index contributed by atoms with van der Waals surface area (Å²) in [4.78, 5) is 17.0. The van der Waals surface area contributed by atoms with Crippen molar-refractivity contribution in [3.8, 4) is 45.3 Å². The fourth-order valence-electron chi connectivity index (χ4n) is 5.90. The molecular formula is C35H36FN7O2. The lowest BCUT2D eigenvalue weighted by Crippen LogP contribution is -2.25. The highest BCUT2D eigenvalue weighted by atomic mass is 19.1. The van der Waals surface area contributed by atoms with E-state index in [9.17, 15) is 4.39 Å². The van der Waals surface area contributed by atoms with Crippen LogP contribution in [0.25, 0.3) is 55.6 Å². The molecule has 0 aliphatic carbocycles. The number of likely N-dealkylation sites (N-methyl/N-ethyl adjacent to an activating group) is 1. The van der Waals surface area contributed by atoms with Gasteiger partial charge in [0.05, 0.1) is 29.3 Å². The third kappa shape index (κ3) is 6.38. The standard InChI is InChI=1S/C35H36FN7O2/c1-42(2)10-12-45-27-16-24(20-37-21-27)32-19-30-34(22-38-32)40-41-35(30)33-18-29-28(6-5-7-31(29)39-33)23-14-25(36)17-26(15-23)44-13-11-43-8-3-4-9-43/h5-7,14-22,39H,3-4,8-13H2,1-2H3,(H,40,41). The minimum Gasteiger partial charge on any atom is -0.492 e. The number of benzene rings is 2. The molecule has 0 saturated carbocycles. The van der Waals surface area contributed by atoms with Crippen LogP contribution in [-0.2, 0) is 0 Å². The molecule has 4 aromatic heterocycles. The fourth-order valence-corrected chi connectivity index (χ4v) is 5.90. The first kappa shape index (κ1) is 28.9. The number of hydrogen-bond acceptors (Lipinski definition) is 7. The molecule has 7 rings (SSSR count). The molecule has 10 heteroatoms. The predicted octanol–water partition coefficient (Wildman–Crippen LogP) is 6.39. The van der Waals surface area contributed by atoms with Crippen molar-refractivity contribution in [3.63, 3.8) is 0 Å². The number of rotatable bonds is 11. The Morgan fingerprint density at radius 2 is 1.71 bits per heavy atom. The second-order valence-corrected chi connectivity index (χ2v) is 11.8. The van der Waals surface area contributed by atoms with Crippen LogP contribution in [0, 0.1) is 5.82 Å². The first-order chi connectivity index (χ1) is 22.0. The Morgan fingerprint density at radius 1 is 0.867 bits per heavy atom. The van der Waals surface area contributed by atoms with Crippen LogP contribution in [0.2, 0.25) is 0 Å². The molecule has 1 aliphatic heterocycles.